The standard InChI is InChI=1S/C18H22N2O4/c1-5-24-17(23)18(3)13-12(15(21)20(4)16(13)22)14(19-18)11-9-7-6-8-10(11)2/h6-9,12-14,19H,5H2,1-4H3. The average molecular weight is 330 g/mol. The molecule has 0 aromatic heterocycles. The van der Waals surface area contributed by atoms with Crippen LogP contribution in [0.3, 0.4) is 0 Å². The summed E-state index contributed by atoms with van der Waals surface area (Å²) in [5.74, 6) is -2.42. The van der Waals surface area contributed by atoms with E-state index in [4.69, 9.17) is 4.74 Å². The minimum Gasteiger partial charge on any atom is -0.465 e. The van der Waals surface area contributed by atoms with E-state index in [9.17, 15) is 14.4 Å². The lowest BCUT2D eigenvalue weighted by molar-refractivity contribution is -0.155. The highest BCUT2D eigenvalue weighted by atomic mass is 16.5. The Morgan fingerprint density at radius 3 is 2.58 bits per heavy atom. The molecule has 0 saturated carbocycles. The topological polar surface area (TPSA) is 75.7 Å². The maximum absolute atomic E-state index is 12.7. The van der Waals surface area contributed by atoms with Crippen LogP contribution in [0.4, 0.5) is 0 Å². The zero-order valence-electron chi connectivity index (χ0n) is 14.3. The first kappa shape index (κ1) is 16.6. The average Bonchev–Trinajstić information content (AvgIpc) is 2.98. The fraction of sp³-hybridized carbons (Fsp3) is 0.500. The number of carbonyl (C=O) groups is 3. The summed E-state index contributed by atoms with van der Waals surface area (Å²) in [6.45, 7) is 5.56. The van der Waals surface area contributed by atoms with Crippen LogP contribution in [0, 0.1) is 18.8 Å². The predicted octanol–water partition coefficient (Wildman–Crippen LogP) is 1.19. The van der Waals surface area contributed by atoms with E-state index in [2.05, 4.69) is 5.32 Å². The first-order valence-electron chi connectivity index (χ1n) is 8.14. The molecule has 6 heteroatoms. The number of imide groups is 1. The lowest BCUT2D eigenvalue weighted by Crippen LogP contribution is -2.53. The molecule has 0 radical (unpaired) electrons. The van der Waals surface area contributed by atoms with Gasteiger partial charge in [-0.05, 0) is 31.9 Å². The Labute approximate surface area is 141 Å². The number of likely N-dealkylation sites (tertiary alicyclic amines) is 1. The molecule has 0 spiro atoms. The fourth-order valence-electron chi connectivity index (χ4n) is 3.95. The maximum atomic E-state index is 12.7. The van der Waals surface area contributed by atoms with Crippen LogP contribution in [-0.2, 0) is 19.1 Å². The van der Waals surface area contributed by atoms with Crippen LogP contribution in [0.25, 0.3) is 0 Å². The van der Waals surface area contributed by atoms with Crippen molar-refractivity contribution < 1.29 is 19.1 Å². The summed E-state index contributed by atoms with van der Waals surface area (Å²) in [7, 11) is 1.48. The second kappa shape index (κ2) is 5.70. The van der Waals surface area contributed by atoms with Crippen molar-refractivity contribution in [3.63, 3.8) is 0 Å². The number of amides is 2. The lowest BCUT2D eigenvalue weighted by Gasteiger charge is -2.28. The summed E-state index contributed by atoms with van der Waals surface area (Å²) >= 11 is 0. The number of rotatable bonds is 3. The van der Waals surface area contributed by atoms with Gasteiger partial charge in [-0.2, -0.15) is 0 Å². The van der Waals surface area contributed by atoms with E-state index in [1.165, 1.54) is 7.05 Å². The van der Waals surface area contributed by atoms with Crippen molar-refractivity contribution in [3.8, 4) is 0 Å². The van der Waals surface area contributed by atoms with Crippen LogP contribution >= 0.6 is 0 Å². The summed E-state index contributed by atoms with van der Waals surface area (Å²) < 4.78 is 5.19. The predicted molar refractivity (Wildman–Crippen MR) is 86.9 cm³/mol. The number of benzene rings is 1. The Bertz CT molecular complexity index is 717. The van der Waals surface area contributed by atoms with Gasteiger partial charge in [0.1, 0.15) is 5.54 Å². The van der Waals surface area contributed by atoms with E-state index >= 15 is 0 Å². The molecule has 1 N–H and O–H groups in total. The minimum atomic E-state index is -1.22. The molecule has 1 aromatic carbocycles. The van der Waals surface area contributed by atoms with Crippen molar-refractivity contribution in [3.05, 3.63) is 35.4 Å². The zero-order valence-corrected chi connectivity index (χ0v) is 14.3. The lowest BCUT2D eigenvalue weighted by atomic mass is 9.80. The maximum Gasteiger partial charge on any atom is 0.326 e. The van der Waals surface area contributed by atoms with Gasteiger partial charge in [0.25, 0.3) is 0 Å². The molecule has 3 rings (SSSR count). The van der Waals surface area contributed by atoms with Crippen LogP contribution in [0.15, 0.2) is 24.3 Å². The van der Waals surface area contributed by atoms with Crippen molar-refractivity contribution in [2.45, 2.75) is 32.4 Å². The molecule has 128 valence electrons. The molecule has 2 fully saturated rings. The highest BCUT2D eigenvalue weighted by Gasteiger charge is 2.66. The van der Waals surface area contributed by atoms with Gasteiger partial charge in [-0.25, -0.2) is 0 Å². The second-order valence-corrected chi connectivity index (χ2v) is 6.64. The molecule has 2 heterocycles. The summed E-state index contributed by atoms with van der Waals surface area (Å²) in [6.07, 6.45) is 0. The normalized spacial score (nSPS) is 32.2. The van der Waals surface area contributed by atoms with E-state index < -0.39 is 29.4 Å². The third-order valence-corrected chi connectivity index (χ3v) is 5.23. The van der Waals surface area contributed by atoms with Gasteiger partial charge >= 0.3 is 5.97 Å². The summed E-state index contributed by atoms with van der Waals surface area (Å²) in [5, 5.41) is 3.25. The van der Waals surface area contributed by atoms with E-state index in [1.54, 1.807) is 13.8 Å². The number of hydrogen-bond acceptors (Lipinski definition) is 5. The highest BCUT2D eigenvalue weighted by molar-refractivity contribution is 6.09. The van der Waals surface area contributed by atoms with Gasteiger partial charge in [0.2, 0.25) is 11.8 Å². The van der Waals surface area contributed by atoms with E-state index in [1.807, 2.05) is 31.2 Å². The monoisotopic (exact) mass is 330 g/mol. The molecule has 4 unspecified atom stereocenters. The number of nitrogens with one attached hydrogen (secondary N) is 1. The fourth-order valence-corrected chi connectivity index (χ4v) is 3.95. The van der Waals surface area contributed by atoms with Gasteiger partial charge in [-0.3, -0.25) is 24.6 Å². The van der Waals surface area contributed by atoms with Crippen LogP contribution < -0.4 is 5.32 Å². The second-order valence-electron chi connectivity index (χ2n) is 6.64. The molecule has 2 saturated heterocycles. The Balaban J connectivity index is 2.10. The molecular weight excluding hydrogens is 308 g/mol. The Morgan fingerprint density at radius 1 is 1.29 bits per heavy atom. The van der Waals surface area contributed by atoms with Crippen LogP contribution in [-0.4, -0.2) is 41.9 Å². The third kappa shape index (κ3) is 2.17. The van der Waals surface area contributed by atoms with Gasteiger partial charge in [0.05, 0.1) is 18.4 Å². The highest BCUT2D eigenvalue weighted by Crippen LogP contribution is 2.49. The number of hydrogen-bond donors (Lipinski definition) is 1. The quantitative estimate of drug-likeness (QED) is 0.665. The summed E-state index contributed by atoms with van der Waals surface area (Å²) in [5.41, 5.74) is 0.721. The SMILES string of the molecule is CCOC(=O)C1(C)NC(c2ccccc2C)C2C(=O)N(C)C(=O)C21. The summed E-state index contributed by atoms with van der Waals surface area (Å²) in [4.78, 5) is 39.0. The van der Waals surface area contributed by atoms with Gasteiger partial charge in [0.15, 0.2) is 0 Å². The number of esters is 1. The van der Waals surface area contributed by atoms with Gasteiger partial charge < -0.3 is 4.74 Å². The zero-order chi connectivity index (χ0) is 17.6. The minimum absolute atomic E-state index is 0.223. The number of aryl methyl sites for hydroxylation is 1. The van der Waals surface area contributed by atoms with E-state index in [0.717, 1.165) is 16.0 Å². The molecule has 2 aliphatic heterocycles. The first-order valence-corrected chi connectivity index (χ1v) is 8.14. The number of nitrogens with zero attached hydrogens (tertiary/aromatic N) is 1. The smallest absolute Gasteiger partial charge is 0.326 e. The molecule has 6 nitrogen and oxygen atoms in total. The van der Waals surface area contributed by atoms with Crippen molar-refractivity contribution >= 4 is 17.8 Å². The third-order valence-electron chi connectivity index (χ3n) is 5.23. The molecule has 2 aliphatic rings. The molecule has 24 heavy (non-hydrogen) atoms. The van der Waals surface area contributed by atoms with Crippen LogP contribution in [0.5, 0.6) is 0 Å². The Morgan fingerprint density at radius 2 is 1.96 bits per heavy atom. The number of carbonyl (C=O) groups excluding carboxylic acids is 3. The largest absolute Gasteiger partial charge is 0.465 e. The van der Waals surface area contributed by atoms with Crippen molar-refractivity contribution in [1.82, 2.24) is 10.2 Å². The van der Waals surface area contributed by atoms with Crippen molar-refractivity contribution in [1.29, 1.82) is 0 Å². The van der Waals surface area contributed by atoms with Crippen LogP contribution in [0.1, 0.15) is 31.0 Å². The molecule has 1 aromatic rings. The van der Waals surface area contributed by atoms with Crippen molar-refractivity contribution in [2.24, 2.45) is 11.8 Å². The van der Waals surface area contributed by atoms with Gasteiger partial charge in [-0.15, -0.1) is 0 Å². The van der Waals surface area contributed by atoms with Crippen molar-refractivity contribution in [2.75, 3.05) is 13.7 Å². The van der Waals surface area contributed by atoms with E-state index in [0.29, 0.717) is 0 Å². The Kier molecular flexibility index (Phi) is 3.95. The van der Waals surface area contributed by atoms with Gasteiger partial charge in [-0.1, -0.05) is 24.3 Å². The molecule has 4 atom stereocenters. The molecule has 2 amide bonds. The van der Waals surface area contributed by atoms with Crippen LogP contribution in [0.2, 0.25) is 0 Å². The van der Waals surface area contributed by atoms with E-state index in [-0.39, 0.29) is 18.4 Å². The van der Waals surface area contributed by atoms with Gasteiger partial charge in [0, 0.05) is 13.1 Å². The first-order chi connectivity index (χ1) is 11.3. The molecule has 0 aliphatic carbocycles. The Hall–Kier alpha value is -2.21. The molecular formula is C18H22N2O4. The summed E-state index contributed by atoms with van der Waals surface area (Å²) in [6, 6.07) is 7.30. The number of ether oxygens (including phenoxy) is 1. The molecule has 0 bridgehead atoms. The number of fused-ring (bicyclic) bond motifs is 1.